The summed E-state index contributed by atoms with van der Waals surface area (Å²) in [5.41, 5.74) is 0.344. The van der Waals surface area contributed by atoms with Crippen LogP contribution in [0.1, 0.15) is 18.6 Å². The lowest BCUT2D eigenvalue weighted by Crippen LogP contribution is -1.99. The van der Waals surface area contributed by atoms with E-state index in [-0.39, 0.29) is 16.5 Å². The predicted molar refractivity (Wildman–Crippen MR) is 73.6 cm³/mol. The van der Waals surface area contributed by atoms with Gasteiger partial charge in [-0.3, -0.25) is 0 Å². The molecule has 1 atom stereocenters. The number of halogens is 3. The summed E-state index contributed by atoms with van der Waals surface area (Å²) < 4.78 is 19.3. The van der Waals surface area contributed by atoms with Crippen LogP contribution in [0.3, 0.4) is 0 Å². The van der Waals surface area contributed by atoms with E-state index >= 15 is 0 Å². The fourth-order valence-corrected chi connectivity index (χ4v) is 1.97. The van der Waals surface area contributed by atoms with Gasteiger partial charge in [-0.25, -0.2) is 4.39 Å². The normalized spacial score (nSPS) is 12.3. The van der Waals surface area contributed by atoms with Crippen molar-refractivity contribution in [3.05, 3.63) is 57.8 Å². The molecule has 2 aromatic carbocycles. The summed E-state index contributed by atoms with van der Waals surface area (Å²) in [7, 11) is 0. The van der Waals surface area contributed by atoms with Crippen molar-refractivity contribution in [2.45, 2.75) is 13.0 Å². The fourth-order valence-electron chi connectivity index (χ4n) is 1.63. The van der Waals surface area contributed by atoms with Crippen LogP contribution in [0.2, 0.25) is 10.0 Å². The zero-order chi connectivity index (χ0) is 14.0. The molecule has 2 nitrogen and oxygen atoms in total. The lowest BCUT2D eigenvalue weighted by molar-refractivity contribution is 0.194. The monoisotopic (exact) mass is 300 g/mol. The number of aliphatic hydroxyl groups excluding tert-OH is 1. The van der Waals surface area contributed by atoms with Gasteiger partial charge in [-0.2, -0.15) is 0 Å². The zero-order valence-corrected chi connectivity index (χ0v) is 11.5. The molecular formula is C14H11Cl2FO2. The first kappa shape index (κ1) is 14.1. The van der Waals surface area contributed by atoms with E-state index < -0.39 is 11.9 Å². The van der Waals surface area contributed by atoms with Crippen LogP contribution in [0.4, 0.5) is 4.39 Å². The summed E-state index contributed by atoms with van der Waals surface area (Å²) >= 11 is 11.9. The number of hydrogen-bond acceptors (Lipinski definition) is 2. The first-order valence-corrected chi connectivity index (χ1v) is 6.34. The van der Waals surface area contributed by atoms with Crippen LogP contribution in [0.5, 0.6) is 11.5 Å². The van der Waals surface area contributed by atoms with Crippen molar-refractivity contribution >= 4 is 23.2 Å². The molecule has 0 amide bonds. The van der Waals surface area contributed by atoms with Crippen LogP contribution in [0.25, 0.3) is 0 Å². The minimum absolute atomic E-state index is 0.0540. The molecule has 0 spiro atoms. The number of hydrogen-bond donors (Lipinski definition) is 1. The third-order valence-electron chi connectivity index (χ3n) is 2.58. The van der Waals surface area contributed by atoms with Gasteiger partial charge < -0.3 is 9.84 Å². The number of ether oxygens (including phenoxy) is 1. The number of rotatable bonds is 3. The second-order valence-electron chi connectivity index (χ2n) is 3.99. The average Bonchev–Trinajstić information content (AvgIpc) is 2.36. The molecule has 0 heterocycles. The Bertz CT molecular complexity index is 600. The van der Waals surface area contributed by atoms with Crippen LogP contribution in [-0.4, -0.2) is 5.11 Å². The van der Waals surface area contributed by atoms with Crippen molar-refractivity contribution in [1.82, 2.24) is 0 Å². The predicted octanol–water partition coefficient (Wildman–Crippen LogP) is 4.98. The van der Waals surface area contributed by atoms with Gasteiger partial charge in [-0.15, -0.1) is 0 Å². The molecule has 19 heavy (non-hydrogen) atoms. The summed E-state index contributed by atoms with van der Waals surface area (Å²) in [5.74, 6) is -0.391. The summed E-state index contributed by atoms with van der Waals surface area (Å²) in [5, 5.41) is 10.1. The van der Waals surface area contributed by atoms with Crippen molar-refractivity contribution in [2.75, 3.05) is 0 Å². The molecule has 1 N–H and O–H groups in total. The number of benzene rings is 2. The number of para-hydroxylation sites is 1. The Kier molecular flexibility index (Phi) is 4.30. The molecular weight excluding hydrogens is 290 g/mol. The first-order valence-electron chi connectivity index (χ1n) is 5.59. The molecule has 0 fully saturated rings. The van der Waals surface area contributed by atoms with Crippen LogP contribution in [0.15, 0.2) is 36.4 Å². The fraction of sp³-hybridized carbons (Fsp3) is 0.143. The van der Waals surface area contributed by atoms with E-state index in [0.717, 1.165) is 0 Å². The van der Waals surface area contributed by atoms with Gasteiger partial charge in [0.25, 0.3) is 0 Å². The maximum atomic E-state index is 13.8. The molecule has 5 heteroatoms. The summed E-state index contributed by atoms with van der Waals surface area (Å²) in [6.07, 6.45) is -0.858. The molecule has 0 aliphatic heterocycles. The van der Waals surface area contributed by atoms with E-state index in [2.05, 4.69) is 0 Å². The lowest BCUT2D eigenvalue weighted by atomic mass is 10.1. The van der Waals surface area contributed by atoms with Gasteiger partial charge in [-0.1, -0.05) is 41.4 Å². The van der Waals surface area contributed by atoms with E-state index in [1.807, 2.05) is 0 Å². The van der Waals surface area contributed by atoms with Crippen LogP contribution in [0, 0.1) is 5.82 Å². The average molecular weight is 301 g/mol. The van der Waals surface area contributed by atoms with Crippen LogP contribution < -0.4 is 4.74 Å². The second-order valence-corrected chi connectivity index (χ2v) is 4.77. The van der Waals surface area contributed by atoms with Gasteiger partial charge in [0.15, 0.2) is 11.6 Å². The van der Waals surface area contributed by atoms with Crippen molar-refractivity contribution in [3.8, 4) is 11.5 Å². The van der Waals surface area contributed by atoms with Crippen molar-refractivity contribution in [2.24, 2.45) is 0 Å². The molecule has 0 radical (unpaired) electrons. The van der Waals surface area contributed by atoms with E-state index in [4.69, 9.17) is 27.9 Å². The quantitative estimate of drug-likeness (QED) is 0.866. The van der Waals surface area contributed by atoms with Gasteiger partial charge in [0.2, 0.25) is 0 Å². The standard InChI is InChI=1S/C14H11Cl2FO2/c1-8(18)9-4-2-6-11(17)14(9)19-12-7-3-5-10(15)13(12)16/h2-8,18H,1H3/t8-/m1/s1. The van der Waals surface area contributed by atoms with Crippen LogP contribution >= 0.6 is 23.2 Å². The molecule has 0 saturated carbocycles. The molecule has 0 aromatic heterocycles. The Labute approximate surface area is 120 Å². The third-order valence-corrected chi connectivity index (χ3v) is 3.38. The first-order chi connectivity index (χ1) is 9.00. The topological polar surface area (TPSA) is 29.5 Å². The Hall–Kier alpha value is -1.29. The van der Waals surface area contributed by atoms with E-state index in [1.54, 1.807) is 24.3 Å². The highest BCUT2D eigenvalue weighted by atomic mass is 35.5. The maximum absolute atomic E-state index is 13.8. The molecule has 0 bridgehead atoms. The Morgan fingerprint density at radius 2 is 1.84 bits per heavy atom. The molecule has 0 aliphatic carbocycles. The lowest BCUT2D eigenvalue weighted by Gasteiger charge is -2.15. The number of aliphatic hydroxyl groups is 1. The van der Waals surface area contributed by atoms with Gasteiger partial charge in [0.05, 0.1) is 11.1 Å². The molecule has 100 valence electrons. The zero-order valence-electron chi connectivity index (χ0n) is 10.0. The van der Waals surface area contributed by atoms with Crippen molar-refractivity contribution < 1.29 is 14.2 Å². The minimum atomic E-state index is -0.858. The highest BCUT2D eigenvalue weighted by molar-refractivity contribution is 6.42. The summed E-state index contributed by atoms with van der Waals surface area (Å²) in [6, 6.07) is 9.16. The van der Waals surface area contributed by atoms with Gasteiger partial charge >= 0.3 is 0 Å². The van der Waals surface area contributed by atoms with Crippen molar-refractivity contribution in [1.29, 1.82) is 0 Å². The van der Waals surface area contributed by atoms with Crippen molar-refractivity contribution in [3.63, 3.8) is 0 Å². The summed E-state index contributed by atoms with van der Waals surface area (Å²) in [6.45, 7) is 1.53. The second kappa shape index (κ2) is 5.78. The molecule has 0 unspecified atom stereocenters. The van der Waals surface area contributed by atoms with Gasteiger partial charge in [0, 0.05) is 5.56 Å². The minimum Gasteiger partial charge on any atom is -0.452 e. The SMILES string of the molecule is C[C@@H](O)c1cccc(F)c1Oc1cccc(Cl)c1Cl. The molecule has 0 saturated heterocycles. The Balaban J connectivity index is 2.46. The Morgan fingerprint density at radius 3 is 2.53 bits per heavy atom. The van der Waals surface area contributed by atoms with Gasteiger partial charge in [-0.05, 0) is 25.1 Å². The largest absolute Gasteiger partial charge is 0.452 e. The van der Waals surface area contributed by atoms with E-state index in [0.29, 0.717) is 10.6 Å². The Morgan fingerprint density at radius 1 is 1.16 bits per heavy atom. The third kappa shape index (κ3) is 3.00. The molecule has 2 aromatic rings. The highest BCUT2D eigenvalue weighted by Crippen LogP contribution is 2.38. The van der Waals surface area contributed by atoms with Gasteiger partial charge in [0.1, 0.15) is 10.8 Å². The summed E-state index contributed by atoms with van der Waals surface area (Å²) in [4.78, 5) is 0. The smallest absolute Gasteiger partial charge is 0.168 e. The molecule has 2 rings (SSSR count). The van der Waals surface area contributed by atoms with Crippen LogP contribution in [-0.2, 0) is 0 Å². The molecule has 0 aliphatic rings. The highest BCUT2D eigenvalue weighted by Gasteiger charge is 2.16. The maximum Gasteiger partial charge on any atom is 0.168 e. The van der Waals surface area contributed by atoms with E-state index in [9.17, 15) is 9.50 Å². The van der Waals surface area contributed by atoms with E-state index in [1.165, 1.54) is 19.1 Å².